The highest BCUT2D eigenvalue weighted by Gasteiger charge is 2.05. The molecule has 0 atom stereocenters. The Morgan fingerprint density at radius 1 is 1.42 bits per heavy atom. The zero-order chi connectivity index (χ0) is 14.1. The standard InChI is InChI=1S/C13H13ClN2O3/c1-2-3-4-5-13(18)19-9-12(17)16-11-7-6-10(14)8-15-11/h2-8H,9H2,1H3,(H,15,16,17). The van der Waals surface area contributed by atoms with Gasteiger partial charge in [0.1, 0.15) is 5.82 Å². The Balaban J connectivity index is 2.35. The van der Waals surface area contributed by atoms with Gasteiger partial charge in [-0.15, -0.1) is 0 Å². The molecule has 19 heavy (non-hydrogen) atoms. The van der Waals surface area contributed by atoms with Gasteiger partial charge in [-0.1, -0.05) is 29.8 Å². The van der Waals surface area contributed by atoms with Crippen LogP contribution in [0, 0.1) is 0 Å². The zero-order valence-corrected chi connectivity index (χ0v) is 11.1. The van der Waals surface area contributed by atoms with Crippen molar-refractivity contribution in [1.29, 1.82) is 0 Å². The van der Waals surface area contributed by atoms with Crippen LogP contribution in [0.1, 0.15) is 6.92 Å². The third-order valence-corrected chi connectivity index (χ3v) is 2.10. The predicted molar refractivity (Wildman–Crippen MR) is 72.8 cm³/mol. The van der Waals surface area contributed by atoms with Gasteiger partial charge in [0.2, 0.25) is 0 Å². The van der Waals surface area contributed by atoms with E-state index in [-0.39, 0.29) is 6.61 Å². The molecule has 1 rings (SSSR count). The summed E-state index contributed by atoms with van der Waals surface area (Å²) in [6.07, 6.45) is 7.61. The molecule has 1 N–H and O–H groups in total. The predicted octanol–water partition coefficient (Wildman–Crippen LogP) is 2.35. The zero-order valence-electron chi connectivity index (χ0n) is 10.3. The summed E-state index contributed by atoms with van der Waals surface area (Å²) in [5.41, 5.74) is 0. The molecule has 0 saturated carbocycles. The SMILES string of the molecule is CC=CC=CC(=O)OCC(=O)Nc1ccc(Cl)cn1. The number of pyridine rings is 1. The number of carbonyl (C=O) groups is 2. The molecule has 0 radical (unpaired) electrons. The lowest BCUT2D eigenvalue weighted by molar-refractivity contribution is -0.142. The maximum absolute atomic E-state index is 11.4. The van der Waals surface area contributed by atoms with Gasteiger partial charge in [-0.05, 0) is 19.1 Å². The summed E-state index contributed by atoms with van der Waals surface area (Å²) < 4.78 is 4.72. The Morgan fingerprint density at radius 2 is 2.21 bits per heavy atom. The van der Waals surface area contributed by atoms with Crippen LogP contribution >= 0.6 is 11.6 Å². The maximum atomic E-state index is 11.4. The molecular weight excluding hydrogens is 268 g/mol. The van der Waals surface area contributed by atoms with Crippen molar-refractivity contribution < 1.29 is 14.3 Å². The topological polar surface area (TPSA) is 68.3 Å². The number of esters is 1. The van der Waals surface area contributed by atoms with E-state index in [9.17, 15) is 9.59 Å². The molecule has 1 heterocycles. The van der Waals surface area contributed by atoms with Crippen molar-refractivity contribution in [3.8, 4) is 0 Å². The third-order valence-electron chi connectivity index (χ3n) is 1.88. The summed E-state index contributed by atoms with van der Waals surface area (Å²) in [4.78, 5) is 26.5. The first-order valence-corrected chi connectivity index (χ1v) is 5.87. The van der Waals surface area contributed by atoms with Crippen LogP contribution in [-0.4, -0.2) is 23.5 Å². The fraction of sp³-hybridized carbons (Fsp3) is 0.154. The first kappa shape index (κ1) is 14.9. The minimum atomic E-state index is -0.586. The molecule has 0 aromatic carbocycles. The Hall–Kier alpha value is -2.14. The van der Waals surface area contributed by atoms with Crippen LogP contribution in [0.2, 0.25) is 5.02 Å². The lowest BCUT2D eigenvalue weighted by Crippen LogP contribution is -2.20. The number of allylic oxidation sites excluding steroid dienone is 3. The molecule has 0 aliphatic heterocycles. The fourth-order valence-corrected chi connectivity index (χ4v) is 1.17. The quantitative estimate of drug-likeness (QED) is 0.511. The van der Waals surface area contributed by atoms with Gasteiger partial charge in [-0.3, -0.25) is 4.79 Å². The Kier molecular flexibility index (Phi) is 6.32. The van der Waals surface area contributed by atoms with E-state index in [0.29, 0.717) is 10.8 Å². The summed E-state index contributed by atoms with van der Waals surface area (Å²) in [5, 5.41) is 2.94. The second-order valence-corrected chi connectivity index (χ2v) is 3.84. The van der Waals surface area contributed by atoms with Gasteiger partial charge in [0, 0.05) is 12.3 Å². The summed E-state index contributed by atoms with van der Waals surface area (Å²) in [5.74, 6) is -0.713. The number of hydrogen-bond donors (Lipinski definition) is 1. The van der Waals surface area contributed by atoms with E-state index in [1.165, 1.54) is 18.3 Å². The molecule has 100 valence electrons. The Morgan fingerprint density at radius 3 is 2.84 bits per heavy atom. The average molecular weight is 281 g/mol. The highest BCUT2D eigenvalue weighted by Crippen LogP contribution is 2.09. The van der Waals surface area contributed by atoms with Crippen molar-refractivity contribution in [3.05, 3.63) is 47.7 Å². The number of aromatic nitrogens is 1. The first-order valence-electron chi connectivity index (χ1n) is 5.49. The van der Waals surface area contributed by atoms with E-state index < -0.39 is 11.9 Å². The van der Waals surface area contributed by atoms with Gasteiger partial charge >= 0.3 is 5.97 Å². The molecule has 1 amide bonds. The smallest absolute Gasteiger partial charge is 0.331 e. The minimum Gasteiger partial charge on any atom is -0.452 e. The van der Waals surface area contributed by atoms with Crippen molar-refractivity contribution in [2.75, 3.05) is 11.9 Å². The van der Waals surface area contributed by atoms with E-state index in [1.807, 2.05) is 6.92 Å². The molecule has 0 aliphatic rings. The molecule has 6 heteroatoms. The van der Waals surface area contributed by atoms with E-state index in [2.05, 4.69) is 10.3 Å². The summed E-state index contributed by atoms with van der Waals surface area (Å²) in [6.45, 7) is 1.45. The number of halogens is 1. The van der Waals surface area contributed by atoms with Crippen LogP contribution in [0.15, 0.2) is 42.6 Å². The second-order valence-electron chi connectivity index (χ2n) is 3.40. The van der Waals surface area contributed by atoms with Crippen molar-refractivity contribution in [2.45, 2.75) is 6.92 Å². The van der Waals surface area contributed by atoms with Crippen LogP contribution in [0.4, 0.5) is 5.82 Å². The number of amides is 1. The number of nitrogens with one attached hydrogen (secondary N) is 1. The van der Waals surface area contributed by atoms with Crippen LogP contribution < -0.4 is 5.32 Å². The van der Waals surface area contributed by atoms with Crippen molar-refractivity contribution in [3.63, 3.8) is 0 Å². The summed E-state index contributed by atoms with van der Waals surface area (Å²) in [7, 11) is 0. The number of hydrogen-bond acceptors (Lipinski definition) is 4. The van der Waals surface area contributed by atoms with Crippen LogP contribution in [0.3, 0.4) is 0 Å². The van der Waals surface area contributed by atoms with E-state index >= 15 is 0 Å². The van der Waals surface area contributed by atoms with Crippen molar-refractivity contribution >= 4 is 29.3 Å². The van der Waals surface area contributed by atoms with E-state index in [4.69, 9.17) is 16.3 Å². The van der Waals surface area contributed by atoms with Gasteiger partial charge in [0.05, 0.1) is 5.02 Å². The highest BCUT2D eigenvalue weighted by molar-refractivity contribution is 6.30. The second kappa shape index (κ2) is 8.05. The number of nitrogens with zero attached hydrogens (tertiary/aromatic N) is 1. The lowest BCUT2D eigenvalue weighted by atomic mass is 10.4. The largest absolute Gasteiger partial charge is 0.452 e. The van der Waals surface area contributed by atoms with E-state index in [0.717, 1.165) is 0 Å². The molecule has 1 aromatic rings. The maximum Gasteiger partial charge on any atom is 0.331 e. The average Bonchev–Trinajstić information content (AvgIpc) is 2.39. The van der Waals surface area contributed by atoms with Crippen LogP contribution in [0.25, 0.3) is 0 Å². The molecule has 0 saturated heterocycles. The third kappa shape index (κ3) is 6.38. The number of rotatable bonds is 5. The number of ether oxygens (including phenoxy) is 1. The monoisotopic (exact) mass is 280 g/mol. The minimum absolute atomic E-state index is 0.343. The fourth-order valence-electron chi connectivity index (χ4n) is 1.06. The molecular formula is C13H13ClN2O3. The molecule has 0 unspecified atom stereocenters. The van der Waals surface area contributed by atoms with Gasteiger partial charge in [0.25, 0.3) is 5.91 Å². The highest BCUT2D eigenvalue weighted by atomic mass is 35.5. The van der Waals surface area contributed by atoms with E-state index in [1.54, 1.807) is 24.3 Å². The Bertz CT molecular complexity index is 495. The molecule has 0 aliphatic carbocycles. The van der Waals surface area contributed by atoms with Gasteiger partial charge in [-0.25, -0.2) is 9.78 Å². The van der Waals surface area contributed by atoms with Gasteiger partial charge < -0.3 is 10.1 Å². The number of carbonyl (C=O) groups excluding carboxylic acids is 2. The molecule has 1 aromatic heterocycles. The molecule has 0 bridgehead atoms. The Labute approximate surface area is 115 Å². The normalized spacial score (nSPS) is 10.8. The number of anilines is 1. The van der Waals surface area contributed by atoms with Crippen LogP contribution in [-0.2, 0) is 14.3 Å². The van der Waals surface area contributed by atoms with Gasteiger partial charge in [-0.2, -0.15) is 0 Å². The van der Waals surface area contributed by atoms with Crippen molar-refractivity contribution in [2.24, 2.45) is 0 Å². The lowest BCUT2D eigenvalue weighted by Gasteiger charge is -2.04. The van der Waals surface area contributed by atoms with Crippen LogP contribution in [0.5, 0.6) is 0 Å². The molecule has 5 nitrogen and oxygen atoms in total. The molecule has 0 fully saturated rings. The summed E-state index contributed by atoms with van der Waals surface area (Å²) >= 11 is 5.65. The van der Waals surface area contributed by atoms with Crippen molar-refractivity contribution in [1.82, 2.24) is 4.98 Å². The first-order chi connectivity index (χ1) is 9.11. The van der Waals surface area contributed by atoms with Gasteiger partial charge in [0.15, 0.2) is 6.61 Å². The summed E-state index contributed by atoms with van der Waals surface area (Å²) in [6, 6.07) is 3.14. The molecule has 0 spiro atoms.